The van der Waals surface area contributed by atoms with Gasteiger partial charge in [-0.1, -0.05) is 51.0 Å². The van der Waals surface area contributed by atoms with Gasteiger partial charge in [-0.3, -0.25) is 0 Å². The Kier molecular flexibility index (Phi) is 5.31. The molecular weight excluding hydrogens is 239 g/mol. The van der Waals surface area contributed by atoms with Crippen LogP contribution >= 0.6 is 21.0 Å². The fourth-order valence-corrected chi connectivity index (χ4v) is 2.39. The van der Waals surface area contributed by atoms with Gasteiger partial charge in [0, 0.05) is 0 Å². The molecule has 0 aliphatic rings. The van der Waals surface area contributed by atoms with Crippen LogP contribution in [0.4, 0.5) is 0 Å². The quantitative estimate of drug-likeness (QED) is 0.764. The summed E-state index contributed by atoms with van der Waals surface area (Å²) in [6.07, 6.45) is 0. The highest BCUT2D eigenvalue weighted by molar-refractivity contribution is 7.55. The fourth-order valence-electron chi connectivity index (χ4n) is 1.36. The fraction of sp³-hybridized carbons (Fsp3) is 0.0769. The first-order valence-electron chi connectivity index (χ1n) is 4.84. The van der Waals surface area contributed by atoms with Gasteiger partial charge in [0.15, 0.2) is 0 Å². The van der Waals surface area contributed by atoms with Crippen LogP contribution in [0.3, 0.4) is 0 Å². The van der Waals surface area contributed by atoms with Crippen molar-refractivity contribution in [2.24, 2.45) is 0 Å². The molecule has 16 heavy (non-hydrogen) atoms. The second kappa shape index (κ2) is 6.52. The first-order valence-corrected chi connectivity index (χ1v) is 5.84. The van der Waals surface area contributed by atoms with Crippen LogP contribution in [0.2, 0.25) is 0 Å². The number of ether oxygens (including phenoxy) is 1. The number of hydrogen-bond donors (Lipinski definition) is 0. The van der Waals surface area contributed by atoms with Crippen molar-refractivity contribution in [3.05, 3.63) is 54.6 Å². The molecule has 1 unspecified atom stereocenters. The maximum Gasteiger partial charge on any atom is 0.118 e. The molecule has 0 aliphatic heterocycles. The van der Waals surface area contributed by atoms with Gasteiger partial charge >= 0.3 is 0 Å². The number of hydrogen-bond acceptors (Lipinski definition) is 1. The summed E-state index contributed by atoms with van der Waals surface area (Å²) in [5.41, 5.74) is 0. The summed E-state index contributed by atoms with van der Waals surface area (Å²) in [6.45, 7) is 0. The molecule has 0 N–H and O–H groups in total. The third kappa shape index (κ3) is 3.52. The van der Waals surface area contributed by atoms with E-state index in [9.17, 15) is 0 Å². The maximum atomic E-state index is 5.12. The number of benzene rings is 2. The van der Waals surface area contributed by atoms with Gasteiger partial charge in [-0.15, -0.1) is 12.4 Å². The molecule has 84 valence electrons. The Bertz CT molecular complexity index is 414. The van der Waals surface area contributed by atoms with Crippen molar-refractivity contribution in [3.8, 4) is 5.75 Å². The van der Waals surface area contributed by atoms with Gasteiger partial charge in [-0.25, -0.2) is 0 Å². The predicted molar refractivity (Wildman–Crippen MR) is 74.3 cm³/mol. The van der Waals surface area contributed by atoms with Crippen LogP contribution in [0.25, 0.3) is 0 Å². The minimum absolute atomic E-state index is 0. The zero-order chi connectivity index (χ0) is 10.5. The molecule has 0 amide bonds. The highest BCUT2D eigenvalue weighted by Gasteiger charge is 1.95. The van der Waals surface area contributed by atoms with Gasteiger partial charge in [0.1, 0.15) is 5.75 Å². The Balaban J connectivity index is 0.00000128. The third-order valence-electron chi connectivity index (χ3n) is 2.15. The molecule has 0 saturated carbocycles. The molecule has 3 heteroatoms. The van der Waals surface area contributed by atoms with Crippen molar-refractivity contribution in [3.63, 3.8) is 0 Å². The van der Waals surface area contributed by atoms with Gasteiger partial charge in [0.2, 0.25) is 0 Å². The second-order valence-corrected chi connectivity index (χ2v) is 4.62. The van der Waals surface area contributed by atoms with Crippen molar-refractivity contribution >= 4 is 31.6 Å². The lowest BCUT2D eigenvalue weighted by Gasteiger charge is -2.03. The van der Waals surface area contributed by atoms with Crippen LogP contribution in [0, 0.1) is 0 Å². The van der Waals surface area contributed by atoms with E-state index in [0.29, 0.717) is 0 Å². The topological polar surface area (TPSA) is 9.23 Å². The SMILES string of the molecule is COc1ccc(Pc2ccccc2)cc1.Cl. The molecule has 0 heterocycles. The lowest BCUT2D eigenvalue weighted by molar-refractivity contribution is 0.415. The number of methoxy groups -OCH3 is 1. The first kappa shape index (κ1) is 13.0. The maximum absolute atomic E-state index is 5.12. The largest absolute Gasteiger partial charge is 0.497 e. The number of halogens is 1. The summed E-state index contributed by atoms with van der Waals surface area (Å²) in [4.78, 5) is 0. The zero-order valence-electron chi connectivity index (χ0n) is 9.01. The Labute approximate surface area is 104 Å². The Morgan fingerprint density at radius 3 is 1.94 bits per heavy atom. The van der Waals surface area contributed by atoms with E-state index >= 15 is 0 Å². The van der Waals surface area contributed by atoms with Crippen molar-refractivity contribution in [1.29, 1.82) is 0 Å². The van der Waals surface area contributed by atoms with Crippen LogP contribution in [0.5, 0.6) is 5.75 Å². The van der Waals surface area contributed by atoms with E-state index in [1.54, 1.807) is 7.11 Å². The molecule has 0 spiro atoms. The van der Waals surface area contributed by atoms with Crippen LogP contribution < -0.4 is 15.3 Å². The molecule has 0 radical (unpaired) electrons. The van der Waals surface area contributed by atoms with Crippen molar-refractivity contribution < 1.29 is 4.74 Å². The monoisotopic (exact) mass is 252 g/mol. The molecule has 2 aromatic rings. The Morgan fingerprint density at radius 1 is 0.812 bits per heavy atom. The van der Waals surface area contributed by atoms with Crippen LogP contribution in [-0.4, -0.2) is 7.11 Å². The van der Waals surface area contributed by atoms with E-state index in [2.05, 4.69) is 36.4 Å². The van der Waals surface area contributed by atoms with E-state index in [1.807, 2.05) is 18.2 Å². The summed E-state index contributed by atoms with van der Waals surface area (Å²) in [6, 6.07) is 18.7. The van der Waals surface area contributed by atoms with E-state index in [0.717, 1.165) is 14.3 Å². The van der Waals surface area contributed by atoms with Gasteiger partial charge < -0.3 is 4.74 Å². The van der Waals surface area contributed by atoms with Crippen LogP contribution in [-0.2, 0) is 0 Å². The molecule has 0 fully saturated rings. The van der Waals surface area contributed by atoms with Crippen LogP contribution in [0.15, 0.2) is 54.6 Å². The van der Waals surface area contributed by atoms with Gasteiger partial charge in [-0.2, -0.15) is 0 Å². The van der Waals surface area contributed by atoms with Gasteiger partial charge in [-0.05, 0) is 22.7 Å². The molecule has 1 atom stereocenters. The summed E-state index contributed by atoms with van der Waals surface area (Å²) in [5, 5.41) is 2.70. The molecule has 0 saturated heterocycles. The second-order valence-electron chi connectivity index (χ2n) is 3.22. The van der Waals surface area contributed by atoms with Gasteiger partial charge in [0.05, 0.1) is 7.11 Å². The lowest BCUT2D eigenvalue weighted by atomic mass is 10.3. The molecule has 1 nitrogen and oxygen atoms in total. The molecule has 2 rings (SSSR count). The van der Waals surface area contributed by atoms with Crippen LogP contribution in [0.1, 0.15) is 0 Å². The lowest BCUT2D eigenvalue weighted by Crippen LogP contribution is -2.02. The molecule has 0 aliphatic carbocycles. The molecular formula is C13H14ClOP. The van der Waals surface area contributed by atoms with Gasteiger partial charge in [0.25, 0.3) is 0 Å². The van der Waals surface area contributed by atoms with Crippen molar-refractivity contribution in [2.45, 2.75) is 0 Å². The van der Waals surface area contributed by atoms with E-state index in [-0.39, 0.29) is 12.4 Å². The minimum atomic E-state index is 0. The zero-order valence-corrected chi connectivity index (χ0v) is 10.8. The predicted octanol–water partition coefficient (Wildman–Crippen LogP) is 2.75. The first-order chi connectivity index (χ1) is 7.38. The summed E-state index contributed by atoms with van der Waals surface area (Å²) in [7, 11) is 2.41. The molecule has 0 bridgehead atoms. The average molecular weight is 253 g/mol. The highest BCUT2D eigenvalue weighted by atomic mass is 35.5. The number of rotatable bonds is 3. The molecule has 2 aromatic carbocycles. The smallest absolute Gasteiger partial charge is 0.118 e. The standard InChI is InChI=1S/C13H13OP.ClH/c1-14-11-7-9-13(10-8-11)15-12-5-3-2-4-6-12;/h2-10,15H,1H3;1H. The average Bonchev–Trinajstić information content (AvgIpc) is 2.31. The van der Waals surface area contributed by atoms with Crippen molar-refractivity contribution in [2.75, 3.05) is 7.11 Å². The summed E-state index contributed by atoms with van der Waals surface area (Å²) < 4.78 is 5.12. The van der Waals surface area contributed by atoms with Crippen molar-refractivity contribution in [1.82, 2.24) is 0 Å². The molecule has 0 aromatic heterocycles. The normalized spacial score (nSPS) is 10.1. The van der Waals surface area contributed by atoms with E-state index in [4.69, 9.17) is 4.74 Å². The Hall–Kier alpha value is -1.04. The van der Waals surface area contributed by atoms with E-state index < -0.39 is 0 Å². The summed E-state index contributed by atoms with van der Waals surface area (Å²) in [5.74, 6) is 0.914. The summed E-state index contributed by atoms with van der Waals surface area (Å²) >= 11 is 0. The Morgan fingerprint density at radius 2 is 1.38 bits per heavy atom. The third-order valence-corrected chi connectivity index (χ3v) is 3.40. The highest BCUT2D eigenvalue weighted by Crippen LogP contribution is 2.13. The minimum Gasteiger partial charge on any atom is -0.497 e. The van der Waals surface area contributed by atoms with E-state index in [1.165, 1.54) is 10.6 Å².